The molecule has 0 aliphatic carbocycles. The van der Waals surface area contributed by atoms with Crippen LogP contribution in [0.15, 0.2) is 24.3 Å². The Morgan fingerprint density at radius 1 is 1.33 bits per heavy atom. The number of hydrogen-bond donors (Lipinski definition) is 0. The van der Waals surface area contributed by atoms with Gasteiger partial charge in [-0.05, 0) is 30.5 Å². The molecule has 21 heavy (non-hydrogen) atoms. The maximum atomic E-state index is 11.5. The third-order valence-electron chi connectivity index (χ3n) is 4.26. The molecular weight excluding hydrogens is 288 g/mol. The zero-order valence-electron chi connectivity index (χ0n) is 12.3. The summed E-state index contributed by atoms with van der Waals surface area (Å²) in [6.45, 7) is 3.86. The molecule has 2 aliphatic heterocycles. The molecule has 1 atom stereocenters. The van der Waals surface area contributed by atoms with Crippen molar-refractivity contribution < 1.29 is 9.53 Å². The molecule has 114 valence electrons. The number of piperidine rings is 1. The van der Waals surface area contributed by atoms with Crippen LogP contribution in [-0.4, -0.2) is 55.0 Å². The van der Waals surface area contributed by atoms with Crippen LogP contribution in [0.5, 0.6) is 5.75 Å². The molecule has 0 saturated carbocycles. The molecule has 0 N–H and O–H groups in total. The molecule has 2 saturated heterocycles. The van der Waals surface area contributed by atoms with E-state index in [1.54, 1.807) is 0 Å². The lowest BCUT2D eigenvalue weighted by atomic mass is 9.96. The standard InChI is InChI=1S/C16H21ClN2O2/c1-18-8-12(5-6-16(18)20)9-19-10-15(11-19)21-14-4-2-3-13(17)7-14/h2-4,7,12,15H,5-6,8-11H2,1H3. The van der Waals surface area contributed by atoms with Gasteiger partial charge < -0.3 is 9.64 Å². The topological polar surface area (TPSA) is 32.8 Å². The molecule has 0 radical (unpaired) electrons. The van der Waals surface area contributed by atoms with Gasteiger partial charge in [-0.15, -0.1) is 0 Å². The lowest BCUT2D eigenvalue weighted by Gasteiger charge is -2.42. The van der Waals surface area contributed by atoms with Gasteiger partial charge in [0.1, 0.15) is 11.9 Å². The summed E-state index contributed by atoms with van der Waals surface area (Å²) in [7, 11) is 1.90. The van der Waals surface area contributed by atoms with E-state index in [-0.39, 0.29) is 12.0 Å². The summed E-state index contributed by atoms with van der Waals surface area (Å²) in [5.74, 6) is 1.71. The highest BCUT2D eigenvalue weighted by Crippen LogP contribution is 2.24. The van der Waals surface area contributed by atoms with Crippen LogP contribution in [0.3, 0.4) is 0 Å². The van der Waals surface area contributed by atoms with Gasteiger partial charge in [-0.3, -0.25) is 9.69 Å². The van der Waals surface area contributed by atoms with E-state index in [1.807, 2.05) is 36.2 Å². The summed E-state index contributed by atoms with van der Waals surface area (Å²) in [6, 6.07) is 7.55. The van der Waals surface area contributed by atoms with Crippen molar-refractivity contribution in [2.45, 2.75) is 18.9 Å². The van der Waals surface area contributed by atoms with Crippen LogP contribution < -0.4 is 4.74 Å². The molecule has 1 aromatic rings. The number of amides is 1. The first-order chi connectivity index (χ1) is 10.1. The fraction of sp³-hybridized carbons (Fsp3) is 0.562. The van der Waals surface area contributed by atoms with Gasteiger partial charge in [-0.2, -0.15) is 0 Å². The molecule has 2 aliphatic rings. The Morgan fingerprint density at radius 3 is 2.86 bits per heavy atom. The Balaban J connectivity index is 1.41. The first kappa shape index (κ1) is 14.7. The van der Waals surface area contributed by atoms with Crippen LogP contribution in [0.1, 0.15) is 12.8 Å². The Bertz CT molecular complexity index is 517. The molecule has 5 heteroatoms. The number of carbonyl (C=O) groups is 1. The second-order valence-corrected chi connectivity index (χ2v) is 6.53. The number of likely N-dealkylation sites (tertiary alicyclic amines) is 2. The third-order valence-corrected chi connectivity index (χ3v) is 4.50. The van der Waals surface area contributed by atoms with Crippen molar-refractivity contribution >= 4 is 17.5 Å². The van der Waals surface area contributed by atoms with E-state index in [2.05, 4.69) is 4.90 Å². The second kappa shape index (κ2) is 6.24. The lowest BCUT2D eigenvalue weighted by Crippen LogP contribution is -2.56. The molecule has 1 aromatic carbocycles. The van der Waals surface area contributed by atoms with Gasteiger partial charge in [0.15, 0.2) is 0 Å². The van der Waals surface area contributed by atoms with Crippen molar-refractivity contribution in [1.29, 1.82) is 0 Å². The van der Waals surface area contributed by atoms with Gasteiger partial charge in [0.2, 0.25) is 5.91 Å². The zero-order chi connectivity index (χ0) is 14.8. The smallest absolute Gasteiger partial charge is 0.222 e. The first-order valence-electron chi connectivity index (χ1n) is 7.48. The van der Waals surface area contributed by atoms with Gasteiger partial charge in [0.25, 0.3) is 0 Å². The number of ether oxygens (including phenoxy) is 1. The quantitative estimate of drug-likeness (QED) is 0.855. The number of hydrogen-bond acceptors (Lipinski definition) is 3. The van der Waals surface area contributed by atoms with Crippen LogP contribution in [0.4, 0.5) is 0 Å². The molecule has 0 aromatic heterocycles. The van der Waals surface area contributed by atoms with E-state index < -0.39 is 0 Å². The van der Waals surface area contributed by atoms with E-state index in [1.165, 1.54) is 0 Å². The van der Waals surface area contributed by atoms with Crippen molar-refractivity contribution in [2.24, 2.45) is 5.92 Å². The number of nitrogens with zero attached hydrogens (tertiary/aromatic N) is 2. The molecule has 4 nitrogen and oxygen atoms in total. The average Bonchev–Trinajstić information content (AvgIpc) is 2.40. The fourth-order valence-electron chi connectivity index (χ4n) is 3.09. The van der Waals surface area contributed by atoms with E-state index in [0.29, 0.717) is 17.4 Å². The van der Waals surface area contributed by atoms with Crippen molar-refractivity contribution in [3.05, 3.63) is 29.3 Å². The molecule has 3 rings (SSSR count). The van der Waals surface area contributed by atoms with Gasteiger partial charge in [-0.25, -0.2) is 0 Å². The average molecular weight is 309 g/mol. The summed E-state index contributed by atoms with van der Waals surface area (Å²) >= 11 is 5.95. The SMILES string of the molecule is CN1CC(CN2CC(Oc3cccc(Cl)c3)C2)CCC1=O. The van der Waals surface area contributed by atoms with Crippen LogP contribution in [0.25, 0.3) is 0 Å². The van der Waals surface area contributed by atoms with Crippen LogP contribution >= 0.6 is 11.6 Å². The minimum absolute atomic E-state index is 0.256. The van der Waals surface area contributed by atoms with E-state index in [9.17, 15) is 4.79 Å². The minimum atomic E-state index is 0.256. The maximum absolute atomic E-state index is 11.5. The molecular formula is C16H21ClN2O2. The highest BCUT2D eigenvalue weighted by molar-refractivity contribution is 6.30. The largest absolute Gasteiger partial charge is 0.488 e. The van der Waals surface area contributed by atoms with Gasteiger partial charge >= 0.3 is 0 Å². The van der Waals surface area contributed by atoms with Crippen molar-refractivity contribution in [1.82, 2.24) is 9.80 Å². The number of carbonyl (C=O) groups excluding carboxylic acids is 1. The molecule has 2 heterocycles. The van der Waals surface area contributed by atoms with Crippen molar-refractivity contribution in [3.8, 4) is 5.75 Å². The number of halogens is 1. The number of benzene rings is 1. The third kappa shape index (κ3) is 3.69. The molecule has 1 unspecified atom stereocenters. The van der Waals surface area contributed by atoms with Gasteiger partial charge in [0, 0.05) is 44.7 Å². The maximum Gasteiger partial charge on any atom is 0.222 e. The fourth-order valence-corrected chi connectivity index (χ4v) is 3.27. The molecule has 0 bridgehead atoms. The summed E-state index contributed by atoms with van der Waals surface area (Å²) in [5.41, 5.74) is 0. The highest BCUT2D eigenvalue weighted by Gasteiger charge is 2.32. The highest BCUT2D eigenvalue weighted by atomic mass is 35.5. The Morgan fingerprint density at radius 2 is 2.14 bits per heavy atom. The summed E-state index contributed by atoms with van der Waals surface area (Å²) in [4.78, 5) is 15.7. The molecule has 2 fully saturated rings. The lowest BCUT2D eigenvalue weighted by molar-refractivity contribution is -0.133. The van der Waals surface area contributed by atoms with E-state index >= 15 is 0 Å². The molecule has 0 spiro atoms. The minimum Gasteiger partial charge on any atom is -0.488 e. The summed E-state index contributed by atoms with van der Waals surface area (Å²) in [5, 5.41) is 0.707. The predicted molar refractivity (Wildman–Crippen MR) is 82.7 cm³/mol. The monoisotopic (exact) mass is 308 g/mol. The van der Waals surface area contributed by atoms with Crippen LogP contribution in [0.2, 0.25) is 5.02 Å². The Hall–Kier alpha value is -1.26. The van der Waals surface area contributed by atoms with Crippen molar-refractivity contribution in [2.75, 3.05) is 33.2 Å². The summed E-state index contributed by atoms with van der Waals surface area (Å²) in [6.07, 6.45) is 1.96. The molecule has 1 amide bonds. The van der Waals surface area contributed by atoms with Crippen LogP contribution in [-0.2, 0) is 4.79 Å². The Kier molecular flexibility index (Phi) is 4.36. The number of rotatable bonds is 4. The Labute approximate surface area is 130 Å². The predicted octanol–water partition coefficient (Wildman–Crippen LogP) is 2.27. The van der Waals surface area contributed by atoms with Gasteiger partial charge in [-0.1, -0.05) is 17.7 Å². The first-order valence-corrected chi connectivity index (χ1v) is 7.86. The second-order valence-electron chi connectivity index (χ2n) is 6.09. The van der Waals surface area contributed by atoms with E-state index in [4.69, 9.17) is 16.3 Å². The van der Waals surface area contributed by atoms with Crippen LogP contribution in [0, 0.1) is 5.92 Å². The van der Waals surface area contributed by atoms with E-state index in [0.717, 1.165) is 38.3 Å². The van der Waals surface area contributed by atoms with Crippen molar-refractivity contribution in [3.63, 3.8) is 0 Å². The summed E-state index contributed by atoms with van der Waals surface area (Å²) < 4.78 is 5.90. The van der Waals surface area contributed by atoms with Gasteiger partial charge in [0.05, 0.1) is 0 Å². The zero-order valence-corrected chi connectivity index (χ0v) is 13.1. The normalized spacial score (nSPS) is 24.0.